The third kappa shape index (κ3) is 3.89. The van der Waals surface area contributed by atoms with Crippen LogP contribution in [-0.2, 0) is 0 Å². The van der Waals surface area contributed by atoms with Crippen molar-refractivity contribution >= 4 is 11.0 Å². The lowest BCUT2D eigenvalue weighted by atomic mass is 9.88. The number of para-hydroxylation sites is 2. The molecular weight excluding hydrogens is 360 g/mol. The number of nitrogens with zero attached hydrogens (tertiary/aromatic N) is 2. The maximum absolute atomic E-state index is 12.5. The van der Waals surface area contributed by atoms with Crippen LogP contribution in [0.4, 0.5) is 0 Å². The first-order valence-electron chi connectivity index (χ1n) is 11.0. The van der Waals surface area contributed by atoms with Crippen LogP contribution >= 0.6 is 0 Å². The Morgan fingerprint density at radius 1 is 0.931 bits per heavy atom. The summed E-state index contributed by atoms with van der Waals surface area (Å²) in [7, 11) is 0. The third-order valence-corrected chi connectivity index (χ3v) is 6.78. The molecule has 3 heterocycles. The van der Waals surface area contributed by atoms with Crippen molar-refractivity contribution in [2.24, 2.45) is 5.92 Å². The molecule has 152 valence electrons. The average Bonchev–Trinajstić information content (AvgIpc) is 3.11. The van der Waals surface area contributed by atoms with Crippen LogP contribution < -0.4 is 11.0 Å². The lowest BCUT2D eigenvalue weighted by molar-refractivity contribution is 0.142. The highest BCUT2D eigenvalue weighted by Crippen LogP contribution is 2.30. The normalized spacial score (nSPS) is 24.1. The molecule has 3 aromatic rings. The van der Waals surface area contributed by atoms with Gasteiger partial charge in [0.25, 0.3) is 0 Å². The number of aromatic nitrogens is 2. The number of rotatable bonds is 4. The van der Waals surface area contributed by atoms with Crippen molar-refractivity contribution in [2.45, 2.75) is 37.8 Å². The number of H-pyrrole nitrogens is 1. The molecule has 2 N–H and O–H groups in total. The molecule has 2 saturated heterocycles. The molecule has 0 bridgehead atoms. The van der Waals surface area contributed by atoms with Gasteiger partial charge in [0.05, 0.1) is 11.0 Å². The van der Waals surface area contributed by atoms with E-state index in [9.17, 15) is 4.79 Å². The van der Waals surface area contributed by atoms with Crippen molar-refractivity contribution in [1.82, 2.24) is 19.8 Å². The number of nitrogens with one attached hydrogen (secondary N) is 2. The van der Waals surface area contributed by atoms with Crippen LogP contribution in [0.1, 0.15) is 43.3 Å². The summed E-state index contributed by atoms with van der Waals surface area (Å²) < 4.78 is 1.99. The zero-order valence-corrected chi connectivity index (χ0v) is 16.9. The van der Waals surface area contributed by atoms with E-state index in [1.54, 1.807) is 0 Å². The molecule has 0 radical (unpaired) electrons. The molecule has 29 heavy (non-hydrogen) atoms. The monoisotopic (exact) mass is 390 g/mol. The van der Waals surface area contributed by atoms with Crippen LogP contribution in [0.2, 0.25) is 0 Å². The molecular formula is C24H30N4O. The Bertz CT molecular complexity index is 1000. The van der Waals surface area contributed by atoms with Gasteiger partial charge in [-0.25, -0.2) is 4.79 Å². The second-order valence-electron chi connectivity index (χ2n) is 8.66. The fourth-order valence-electron chi connectivity index (χ4n) is 5.26. The first-order chi connectivity index (χ1) is 14.3. The molecule has 2 fully saturated rings. The maximum atomic E-state index is 12.5. The molecule has 0 spiro atoms. The van der Waals surface area contributed by atoms with Crippen LogP contribution in [0, 0.1) is 5.92 Å². The van der Waals surface area contributed by atoms with Gasteiger partial charge in [0, 0.05) is 31.7 Å². The van der Waals surface area contributed by atoms with E-state index in [2.05, 4.69) is 51.6 Å². The van der Waals surface area contributed by atoms with Gasteiger partial charge in [-0.3, -0.25) is 4.57 Å². The fourth-order valence-corrected chi connectivity index (χ4v) is 5.26. The zero-order valence-electron chi connectivity index (χ0n) is 16.9. The zero-order chi connectivity index (χ0) is 19.6. The van der Waals surface area contributed by atoms with Gasteiger partial charge in [0.2, 0.25) is 0 Å². The molecule has 2 atom stereocenters. The first-order valence-corrected chi connectivity index (χ1v) is 11.0. The van der Waals surface area contributed by atoms with Crippen LogP contribution in [0.5, 0.6) is 0 Å². The smallest absolute Gasteiger partial charge is 0.310 e. The number of benzene rings is 2. The molecule has 5 nitrogen and oxygen atoms in total. The Balaban J connectivity index is 1.20. The highest BCUT2D eigenvalue weighted by molar-refractivity contribution is 5.75. The molecule has 0 amide bonds. The summed E-state index contributed by atoms with van der Waals surface area (Å²) >= 11 is 0. The summed E-state index contributed by atoms with van der Waals surface area (Å²) in [6.45, 7) is 4.44. The minimum atomic E-state index is 0.0358. The highest BCUT2D eigenvalue weighted by atomic mass is 16.1. The Morgan fingerprint density at radius 2 is 1.69 bits per heavy atom. The molecule has 0 aliphatic carbocycles. The summed E-state index contributed by atoms with van der Waals surface area (Å²) in [5.41, 5.74) is 3.44. The van der Waals surface area contributed by atoms with Crippen LogP contribution in [-0.4, -0.2) is 40.6 Å². The molecule has 0 saturated carbocycles. The molecule has 5 heteroatoms. The van der Waals surface area contributed by atoms with Gasteiger partial charge < -0.3 is 15.2 Å². The largest absolute Gasteiger partial charge is 0.326 e. The molecule has 1 aromatic heterocycles. The van der Waals surface area contributed by atoms with Gasteiger partial charge in [-0.1, -0.05) is 42.5 Å². The van der Waals surface area contributed by atoms with E-state index >= 15 is 0 Å². The Labute approximate surface area is 171 Å². The molecule has 2 aromatic carbocycles. The van der Waals surface area contributed by atoms with Crippen molar-refractivity contribution in [3.05, 3.63) is 70.6 Å². The van der Waals surface area contributed by atoms with Crippen molar-refractivity contribution in [1.29, 1.82) is 0 Å². The average molecular weight is 391 g/mol. The highest BCUT2D eigenvalue weighted by Gasteiger charge is 2.28. The number of hydrogen-bond donors (Lipinski definition) is 2. The van der Waals surface area contributed by atoms with Gasteiger partial charge in [-0.15, -0.1) is 0 Å². The topological polar surface area (TPSA) is 53.1 Å². The lowest BCUT2D eigenvalue weighted by Crippen LogP contribution is -2.42. The van der Waals surface area contributed by atoms with E-state index in [1.807, 2.05) is 22.8 Å². The van der Waals surface area contributed by atoms with Gasteiger partial charge in [-0.2, -0.15) is 0 Å². The second kappa shape index (κ2) is 8.17. The van der Waals surface area contributed by atoms with Gasteiger partial charge >= 0.3 is 5.69 Å². The van der Waals surface area contributed by atoms with Crippen molar-refractivity contribution in [3.63, 3.8) is 0 Å². The SMILES string of the molecule is O=c1[nH]c2ccccc2n1C1CCN(CC2CCNC(c3ccccc3)C2)CC1. The number of hydrogen-bond acceptors (Lipinski definition) is 3. The Morgan fingerprint density at radius 3 is 2.52 bits per heavy atom. The molecule has 2 aliphatic heterocycles. The van der Waals surface area contributed by atoms with E-state index in [0.717, 1.165) is 49.4 Å². The van der Waals surface area contributed by atoms with Crippen LogP contribution in [0.3, 0.4) is 0 Å². The second-order valence-corrected chi connectivity index (χ2v) is 8.66. The molecule has 5 rings (SSSR count). The standard InChI is InChI=1S/C24H30N4O/c29-24-26-21-8-4-5-9-23(21)28(24)20-11-14-27(15-12-20)17-18-10-13-25-22(16-18)19-6-2-1-3-7-19/h1-9,18,20,22,25H,10-17H2,(H,26,29). The van der Waals surface area contributed by atoms with Gasteiger partial charge in [0.15, 0.2) is 0 Å². The van der Waals surface area contributed by atoms with Gasteiger partial charge in [0.1, 0.15) is 0 Å². The summed E-state index contributed by atoms with van der Waals surface area (Å²) in [5, 5.41) is 3.69. The summed E-state index contributed by atoms with van der Waals surface area (Å²) in [4.78, 5) is 18.1. The first kappa shape index (κ1) is 18.6. The maximum Gasteiger partial charge on any atom is 0.326 e. The number of likely N-dealkylation sites (tertiary alicyclic amines) is 1. The predicted octanol–water partition coefficient (Wildman–Crippen LogP) is 3.71. The summed E-state index contributed by atoms with van der Waals surface area (Å²) in [6.07, 6.45) is 4.57. The molecule has 2 aliphatic rings. The molecule has 2 unspecified atom stereocenters. The van der Waals surface area contributed by atoms with Crippen molar-refractivity contribution in [3.8, 4) is 0 Å². The fraction of sp³-hybridized carbons (Fsp3) is 0.458. The lowest BCUT2D eigenvalue weighted by Gasteiger charge is -2.37. The third-order valence-electron chi connectivity index (χ3n) is 6.78. The number of imidazole rings is 1. The van der Waals surface area contributed by atoms with Crippen molar-refractivity contribution < 1.29 is 0 Å². The van der Waals surface area contributed by atoms with Crippen LogP contribution in [0.25, 0.3) is 11.0 Å². The minimum absolute atomic E-state index is 0.0358. The minimum Gasteiger partial charge on any atom is -0.310 e. The van der Waals surface area contributed by atoms with E-state index < -0.39 is 0 Å². The van der Waals surface area contributed by atoms with E-state index in [-0.39, 0.29) is 5.69 Å². The van der Waals surface area contributed by atoms with Crippen LogP contribution in [0.15, 0.2) is 59.4 Å². The summed E-state index contributed by atoms with van der Waals surface area (Å²) in [6, 6.07) is 19.7. The number of piperidine rings is 2. The van der Waals surface area contributed by atoms with E-state index in [1.165, 1.54) is 24.9 Å². The predicted molar refractivity (Wildman–Crippen MR) is 117 cm³/mol. The summed E-state index contributed by atoms with van der Waals surface area (Å²) in [5.74, 6) is 0.744. The van der Waals surface area contributed by atoms with E-state index in [0.29, 0.717) is 12.1 Å². The van der Waals surface area contributed by atoms with Crippen molar-refractivity contribution in [2.75, 3.05) is 26.2 Å². The Hall–Kier alpha value is -2.37. The van der Waals surface area contributed by atoms with Gasteiger partial charge in [-0.05, 0) is 55.8 Å². The number of aromatic amines is 1. The van der Waals surface area contributed by atoms with E-state index in [4.69, 9.17) is 0 Å². The number of fused-ring (bicyclic) bond motifs is 1. The quantitative estimate of drug-likeness (QED) is 0.714. The Kier molecular flexibility index (Phi) is 5.25.